The molecule has 0 heterocycles. The lowest BCUT2D eigenvalue weighted by molar-refractivity contribution is 0.0988. The quantitative estimate of drug-likeness (QED) is 0.239. The SMILES string of the molecule is Cc1ccc(S[C@H](C(=O)c2ccc(C)cc2)[C@H](Cl)c2cccc(Cl)c2)cc1. The standard InChI is InChI=1S/C23H20Cl2OS/c1-15-6-10-17(11-7-15)22(26)23(27-20-12-8-16(2)9-13-20)21(25)18-4-3-5-19(24)14-18/h3-14,21,23H,1-2H3/t21-,23+/m1/s1. The van der Waals surface area contributed by atoms with Gasteiger partial charge in [-0.1, -0.05) is 71.3 Å². The van der Waals surface area contributed by atoms with Crippen LogP contribution in [0.1, 0.15) is 32.4 Å². The number of thioether (sulfide) groups is 1. The lowest BCUT2D eigenvalue weighted by Gasteiger charge is -2.22. The molecule has 0 unspecified atom stereocenters. The van der Waals surface area contributed by atoms with E-state index >= 15 is 0 Å². The molecule has 0 amide bonds. The van der Waals surface area contributed by atoms with Gasteiger partial charge in [0.15, 0.2) is 5.78 Å². The fourth-order valence-electron chi connectivity index (χ4n) is 2.74. The first-order valence-corrected chi connectivity index (χ1v) is 10.4. The monoisotopic (exact) mass is 414 g/mol. The molecule has 138 valence electrons. The number of halogens is 2. The van der Waals surface area contributed by atoms with Crippen LogP contribution in [0.25, 0.3) is 0 Å². The van der Waals surface area contributed by atoms with Crippen LogP contribution in [0.15, 0.2) is 77.7 Å². The molecule has 0 saturated carbocycles. The number of rotatable bonds is 6. The van der Waals surface area contributed by atoms with E-state index in [0.717, 1.165) is 16.0 Å². The van der Waals surface area contributed by atoms with Gasteiger partial charge in [-0.2, -0.15) is 0 Å². The lowest BCUT2D eigenvalue weighted by atomic mass is 10.0. The Bertz CT molecular complexity index is 920. The van der Waals surface area contributed by atoms with Crippen LogP contribution in [0, 0.1) is 13.8 Å². The summed E-state index contributed by atoms with van der Waals surface area (Å²) in [6.07, 6.45) is 0. The molecule has 0 spiro atoms. The van der Waals surface area contributed by atoms with E-state index in [1.165, 1.54) is 17.3 Å². The number of alkyl halides is 1. The third-order valence-corrected chi connectivity index (χ3v) is 6.48. The minimum Gasteiger partial charge on any atom is -0.293 e. The van der Waals surface area contributed by atoms with Crippen LogP contribution in [0.4, 0.5) is 0 Å². The average Bonchev–Trinajstić information content (AvgIpc) is 2.67. The first-order valence-electron chi connectivity index (χ1n) is 8.68. The van der Waals surface area contributed by atoms with Crippen molar-refractivity contribution in [3.8, 4) is 0 Å². The fourth-order valence-corrected chi connectivity index (χ4v) is 4.45. The van der Waals surface area contributed by atoms with Gasteiger partial charge in [-0.15, -0.1) is 23.4 Å². The van der Waals surface area contributed by atoms with Gasteiger partial charge in [0.2, 0.25) is 0 Å². The zero-order valence-corrected chi connectivity index (χ0v) is 17.5. The fraction of sp³-hybridized carbons (Fsp3) is 0.174. The number of benzene rings is 3. The van der Waals surface area contributed by atoms with Crippen LogP contribution in [0.3, 0.4) is 0 Å². The Balaban J connectivity index is 1.95. The highest BCUT2D eigenvalue weighted by atomic mass is 35.5. The molecule has 1 nitrogen and oxygen atoms in total. The number of hydrogen-bond acceptors (Lipinski definition) is 2. The molecular formula is C23H20Cl2OS. The Morgan fingerprint density at radius 1 is 0.889 bits per heavy atom. The second-order valence-corrected chi connectivity index (χ2v) is 8.66. The summed E-state index contributed by atoms with van der Waals surface area (Å²) in [6.45, 7) is 4.04. The van der Waals surface area contributed by atoms with E-state index in [1.54, 1.807) is 6.07 Å². The van der Waals surface area contributed by atoms with Gasteiger partial charge in [-0.3, -0.25) is 4.79 Å². The summed E-state index contributed by atoms with van der Waals surface area (Å²) in [5, 5.41) is -0.348. The average molecular weight is 415 g/mol. The number of aryl methyl sites for hydroxylation is 2. The summed E-state index contributed by atoms with van der Waals surface area (Å²) in [5.74, 6) is 0.0144. The number of carbonyl (C=O) groups is 1. The van der Waals surface area contributed by atoms with Gasteiger partial charge in [-0.25, -0.2) is 0 Å². The van der Waals surface area contributed by atoms with Crippen molar-refractivity contribution >= 4 is 40.7 Å². The minimum atomic E-state index is -0.496. The molecule has 3 aromatic rings. The maximum absolute atomic E-state index is 13.3. The van der Waals surface area contributed by atoms with Gasteiger partial charge in [-0.05, 0) is 43.7 Å². The summed E-state index contributed by atoms with van der Waals surface area (Å²) < 4.78 is 0. The molecule has 0 aliphatic heterocycles. The van der Waals surface area contributed by atoms with Gasteiger partial charge in [0.25, 0.3) is 0 Å². The van der Waals surface area contributed by atoms with E-state index in [0.29, 0.717) is 10.6 Å². The number of hydrogen-bond donors (Lipinski definition) is 0. The molecule has 2 atom stereocenters. The molecule has 0 saturated heterocycles. The molecule has 0 aliphatic carbocycles. The number of Topliss-reactive ketones (excluding diaryl/α,β-unsaturated/α-hetero) is 1. The van der Waals surface area contributed by atoms with Gasteiger partial charge in [0.05, 0.1) is 10.6 Å². The van der Waals surface area contributed by atoms with Crippen molar-refractivity contribution in [1.82, 2.24) is 0 Å². The van der Waals surface area contributed by atoms with Crippen LogP contribution in [0.5, 0.6) is 0 Å². The van der Waals surface area contributed by atoms with Crippen LogP contribution in [-0.2, 0) is 0 Å². The van der Waals surface area contributed by atoms with E-state index in [1.807, 2.05) is 80.6 Å². The van der Waals surface area contributed by atoms with Gasteiger partial charge >= 0.3 is 0 Å². The summed E-state index contributed by atoms with van der Waals surface area (Å²) >= 11 is 14.4. The Labute approximate surface area is 174 Å². The highest BCUT2D eigenvalue weighted by molar-refractivity contribution is 8.00. The normalized spacial score (nSPS) is 13.2. The second kappa shape index (κ2) is 8.97. The van der Waals surface area contributed by atoms with Crippen LogP contribution >= 0.6 is 35.0 Å². The first-order chi connectivity index (χ1) is 12.9. The smallest absolute Gasteiger partial charge is 0.178 e. The highest BCUT2D eigenvalue weighted by Crippen LogP contribution is 2.39. The van der Waals surface area contributed by atoms with Crippen molar-refractivity contribution in [3.05, 3.63) is 100 Å². The molecule has 0 N–H and O–H groups in total. The van der Waals surface area contributed by atoms with Crippen molar-refractivity contribution in [2.75, 3.05) is 0 Å². The number of carbonyl (C=O) groups excluding carboxylic acids is 1. The first kappa shape index (κ1) is 20.0. The molecule has 0 bridgehead atoms. The third kappa shape index (κ3) is 5.16. The summed E-state index contributed by atoms with van der Waals surface area (Å²) in [7, 11) is 0. The van der Waals surface area contributed by atoms with E-state index in [4.69, 9.17) is 23.2 Å². The molecule has 3 rings (SSSR count). The summed E-state index contributed by atoms with van der Waals surface area (Å²) in [6, 6.07) is 23.1. The molecular weight excluding hydrogens is 395 g/mol. The Morgan fingerprint density at radius 3 is 2.07 bits per heavy atom. The zero-order chi connectivity index (χ0) is 19.4. The van der Waals surface area contributed by atoms with Crippen LogP contribution in [-0.4, -0.2) is 11.0 Å². The molecule has 4 heteroatoms. The predicted octanol–water partition coefficient (Wildman–Crippen LogP) is 7.28. The van der Waals surface area contributed by atoms with Crippen molar-refractivity contribution in [3.63, 3.8) is 0 Å². The van der Waals surface area contributed by atoms with E-state index in [-0.39, 0.29) is 5.78 Å². The Morgan fingerprint density at radius 2 is 1.48 bits per heavy atom. The van der Waals surface area contributed by atoms with E-state index < -0.39 is 10.6 Å². The van der Waals surface area contributed by atoms with Crippen LogP contribution in [0.2, 0.25) is 5.02 Å². The molecule has 0 radical (unpaired) electrons. The highest BCUT2D eigenvalue weighted by Gasteiger charge is 2.30. The third-order valence-electron chi connectivity index (χ3n) is 4.31. The topological polar surface area (TPSA) is 17.1 Å². The van der Waals surface area contributed by atoms with Gasteiger partial charge < -0.3 is 0 Å². The van der Waals surface area contributed by atoms with Crippen molar-refractivity contribution in [2.45, 2.75) is 29.4 Å². The van der Waals surface area contributed by atoms with Gasteiger partial charge in [0.1, 0.15) is 0 Å². The van der Waals surface area contributed by atoms with Crippen molar-refractivity contribution < 1.29 is 4.79 Å². The lowest BCUT2D eigenvalue weighted by Crippen LogP contribution is -2.22. The summed E-state index contributed by atoms with van der Waals surface area (Å²) in [5.41, 5.74) is 3.80. The van der Waals surface area contributed by atoms with Crippen LogP contribution < -0.4 is 0 Å². The molecule has 0 aromatic heterocycles. The molecule has 27 heavy (non-hydrogen) atoms. The predicted molar refractivity (Wildman–Crippen MR) is 116 cm³/mol. The molecule has 3 aromatic carbocycles. The van der Waals surface area contributed by atoms with E-state index in [9.17, 15) is 4.79 Å². The maximum atomic E-state index is 13.3. The van der Waals surface area contributed by atoms with Crippen molar-refractivity contribution in [2.24, 2.45) is 0 Å². The second-order valence-electron chi connectivity index (χ2n) is 6.54. The van der Waals surface area contributed by atoms with Crippen molar-refractivity contribution in [1.29, 1.82) is 0 Å². The molecule has 0 fully saturated rings. The van der Waals surface area contributed by atoms with Gasteiger partial charge in [0, 0.05) is 15.5 Å². The maximum Gasteiger partial charge on any atom is 0.178 e. The Kier molecular flexibility index (Phi) is 6.64. The zero-order valence-electron chi connectivity index (χ0n) is 15.2. The van der Waals surface area contributed by atoms with E-state index in [2.05, 4.69) is 0 Å². The summed E-state index contributed by atoms with van der Waals surface area (Å²) in [4.78, 5) is 14.3. The minimum absolute atomic E-state index is 0.0144. The Hall–Kier alpha value is -1.74. The number of ketones is 1. The molecule has 0 aliphatic rings. The largest absolute Gasteiger partial charge is 0.293 e.